The number of hydrogen-bond donors (Lipinski definition) is 2. The number of para-hydroxylation sites is 1. The topological polar surface area (TPSA) is 64.4 Å². The Balaban J connectivity index is 2.30. The largest absolute Gasteiger partial charge is 0.491 e. The lowest BCUT2D eigenvalue weighted by molar-refractivity contribution is -0.121. The maximum Gasteiger partial charge on any atom is 0.234 e. The third-order valence-electron chi connectivity index (χ3n) is 2.02. The SMILES string of the molecule is CC(CCC(=O)NN)Oc1ccccc1. The zero-order valence-electron chi connectivity index (χ0n) is 8.77. The van der Waals surface area contributed by atoms with Gasteiger partial charge in [0.1, 0.15) is 5.75 Å². The van der Waals surface area contributed by atoms with E-state index in [1.54, 1.807) is 0 Å². The maximum atomic E-state index is 10.9. The van der Waals surface area contributed by atoms with Gasteiger partial charge in [0.25, 0.3) is 0 Å². The normalized spacial score (nSPS) is 11.9. The Labute approximate surface area is 89.4 Å². The summed E-state index contributed by atoms with van der Waals surface area (Å²) < 4.78 is 5.59. The van der Waals surface area contributed by atoms with Gasteiger partial charge in [-0.25, -0.2) is 5.84 Å². The van der Waals surface area contributed by atoms with Crippen molar-refractivity contribution in [2.75, 3.05) is 0 Å². The van der Waals surface area contributed by atoms with Gasteiger partial charge >= 0.3 is 0 Å². The Hall–Kier alpha value is -1.55. The first-order chi connectivity index (χ1) is 7.22. The van der Waals surface area contributed by atoms with Gasteiger partial charge in [-0.15, -0.1) is 0 Å². The Kier molecular flexibility index (Phi) is 4.63. The van der Waals surface area contributed by atoms with Crippen LogP contribution in [0.5, 0.6) is 5.75 Å². The molecular formula is C11H16N2O2. The second kappa shape index (κ2) is 6.03. The molecule has 4 heteroatoms. The Morgan fingerprint density at radius 1 is 1.47 bits per heavy atom. The van der Waals surface area contributed by atoms with E-state index in [4.69, 9.17) is 10.6 Å². The zero-order valence-corrected chi connectivity index (χ0v) is 8.77. The lowest BCUT2D eigenvalue weighted by atomic mass is 10.2. The molecule has 15 heavy (non-hydrogen) atoms. The van der Waals surface area contributed by atoms with Crippen molar-refractivity contribution in [3.63, 3.8) is 0 Å². The van der Waals surface area contributed by atoms with Gasteiger partial charge in [-0.1, -0.05) is 18.2 Å². The van der Waals surface area contributed by atoms with E-state index in [0.29, 0.717) is 12.8 Å². The molecule has 0 aliphatic carbocycles. The minimum absolute atomic E-state index is 0.00435. The lowest BCUT2D eigenvalue weighted by Gasteiger charge is -2.13. The number of rotatable bonds is 5. The molecule has 1 rings (SSSR count). The van der Waals surface area contributed by atoms with E-state index in [0.717, 1.165) is 5.75 Å². The lowest BCUT2D eigenvalue weighted by Crippen LogP contribution is -2.30. The fourth-order valence-corrected chi connectivity index (χ4v) is 1.20. The number of nitrogens with one attached hydrogen (secondary N) is 1. The molecule has 1 aromatic rings. The van der Waals surface area contributed by atoms with Gasteiger partial charge in [0.05, 0.1) is 6.10 Å². The number of amides is 1. The Bertz CT molecular complexity index is 301. The van der Waals surface area contributed by atoms with Crippen molar-refractivity contribution in [1.82, 2.24) is 5.43 Å². The Morgan fingerprint density at radius 3 is 2.73 bits per heavy atom. The number of carbonyl (C=O) groups is 1. The minimum Gasteiger partial charge on any atom is -0.491 e. The van der Waals surface area contributed by atoms with Crippen molar-refractivity contribution in [2.45, 2.75) is 25.9 Å². The summed E-state index contributed by atoms with van der Waals surface area (Å²) in [5.74, 6) is 5.62. The smallest absolute Gasteiger partial charge is 0.234 e. The van der Waals surface area contributed by atoms with E-state index in [9.17, 15) is 4.79 Å². The van der Waals surface area contributed by atoms with Crippen molar-refractivity contribution in [3.8, 4) is 5.75 Å². The molecule has 1 aromatic carbocycles. The van der Waals surface area contributed by atoms with Crippen LogP contribution in [0.4, 0.5) is 0 Å². The molecule has 0 aliphatic heterocycles. The molecule has 0 spiro atoms. The molecule has 0 fully saturated rings. The molecule has 0 bridgehead atoms. The average molecular weight is 208 g/mol. The molecule has 4 nitrogen and oxygen atoms in total. The van der Waals surface area contributed by atoms with Crippen LogP contribution in [0.25, 0.3) is 0 Å². The van der Waals surface area contributed by atoms with Crippen LogP contribution < -0.4 is 16.0 Å². The average Bonchev–Trinajstić information content (AvgIpc) is 2.27. The summed E-state index contributed by atoms with van der Waals surface area (Å²) in [6, 6.07) is 9.53. The molecule has 0 saturated heterocycles. The van der Waals surface area contributed by atoms with E-state index in [2.05, 4.69) is 5.43 Å². The van der Waals surface area contributed by atoms with Gasteiger partial charge in [0.15, 0.2) is 0 Å². The highest BCUT2D eigenvalue weighted by Crippen LogP contribution is 2.12. The fourth-order valence-electron chi connectivity index (χ4n) is 1.20. The van der Waals surface area contributed by atoms with Crippen LogP contribution in [-0.4, -0.2) is 12.0 Å². The molecule has 0 heterocycles. The fraction of sp³-hybridized carbons (Fsp3) is 0.364. The van der Waals surface area contributed by atoms with Crippen LogP contribution in [0.1, 0.15) is 19.8 Å². The van der Waals surface area contributed by atoms with Gasteiger partial charge < -0.3 is 4.74 Å². The number of carbonyl (C=O) groups excluding carboxylic acids is 1. The summed E-state index contributed by atoms with van der Waals surface area (Å²) >= 11 is 0. The second-order valence-electron chi connectivity index (χ2n) is 3.35. The van der Waals surface area contributed by atoms with Crippen LogP contribution >= 0.6 is 0 Å². The minimum atomic E-state index is -0.168. The third-order valence-corrected chi connectivity index (χ3v) is 2.02. The van der Waals surface area contributed by atoms with Crippen molar-refractivity contribution >= 4 is 5.91 Å². The van der Waals surface area contributed by atoms with E-state index < -0.39 is 0 Å². The summed E-state index contributed by atoms with van der Waals surface area (Å²) in [4.78, 5) is 10.9. The molecular weight excluding hydrogens is 192 g/mol. The van der Waals surface area contributed by atoms with Gasteiger partial charge in [-0.3, -0.25) is 10.2 Å². The summed E-state index contributed by atoms with van der Waals surface area (Å²) in [7, 11) is 0. The maximum absolute atomic E-state index is 10.9. The molecule has 0 aromatic heterocycles. The van der Waals surface area contributed by atoms with Crippen LogP contribution in [0.2, 0.25) is 0 Å². The van der Waals surface area contributed by atoms with E-state index in [1.165, 1.54) is 0 Å². The number of hydrogen-bond acceptors (Lipinski definition) is 3. The first-order valence-corrected chi connectivity index (χ1v) is 4.93. The molecule has 1 atom stereocenters. The molecule has 0 radical (unpaired) electrons. The second-order valence-corrected chi connectivity index (χ2v) is 3.35. The summed E-state index contributed by atoms with van der Waals surface area (Å²) in [6.45, 7) is 1.93. The van der Waals surface area contributed by atoms with E-state index in [1.807, 2.05) is 37.3 Å². The van der Waals surface area contributed by atoms with E-state index >= 15 is 0 Å². The van der Waals surface area contributed by atoms with Crippen molar-refractivity contribution in [1.29, 1.82) is 0 Å². The highest BCUT2D eigenvalue weighted by Gasteiger charge is 2.06. The number of ether oxygens (including phenoxy) is 1. The summed E-state index contributed by atoms with van der Waals surface area (Å²) in [5.41, 5.74) is 2.09. The van der Waals surface area contributed by atoms with E-state index in [-0.39, 0.29) is 12.0 Å². The quantitative estimate of drug-likeness (QED) is 0.434. The highest BCUT2D eigenvalue weighted by atomic mass is 16.5. The van der Waals surface area contributed by atoms with Gasteiger partial charge in [-0.05, 0) is 25.5 Å². The van der Waals surface area contributed by atoms with Gasteiger partial charge in [0, 0.05) is 6.42 Å². The van der Waals surface area contributed by atoms with Crippen molar-refractivity contribution in [3.05, 3.63) is 30.3 Å². The third kappa shape index (κ3) is 4.46. The number of benzene rings is 1. The van der Waals surface area contributed by atoms with Crippen LogP contribution in [0.15, 0.2) is 30.3 Å². The van der Waals surface area contributed by atoms with Gasteiger partial charge in [-0.2, -0.15) is 0 Å². The first-order valence-electron chi connectivity index (χ1n) is 4.93. The van der Waals surface area contributed by atoms with Crippen LogP contribution in [0, 0.1) is 0 Å². The Morgan fingerprint density at radius 2 is 2.13 bits per heavy atom. The summed E-state index contributed by atoms with van der Waals surface area (Å²) in [5, 5.41) is 0. The predicted octanol–water partition coefficient (Wildman–Crippen LogP) is 1.22. The molecule has 3 N–H and O–H groups in total. The standard InChI is InChI=1S/C11H16N2O2/c1-9(7-8-11(14)13-12)15-10-5-3-2-4-6-10/h2-6,9H,7-8,12H2,1H3,(H,13,14). The molecule has 82 valence electrons. The van der Waals surface area contributed by atoms with Crippen molar-refractivity contribution in [2.24, 2.45) is 5.84 Å². The van der Waals surface area contributed by atoms with Crippen LogP contribution in [-0.2, 0) is 4.79 Å². The first kappa shape index (κ1) is 11.5. The molecule has 1 amide bonds. The molecule has 0 aliphatic rings. The molecule has 1 unspecified atom stereocenters. The number of hydrazine groups is 1. The van der Waals surface area contributed by atoms with Crippen LogP contribution in [0.3, 0.4) is 0 Å². The molecule has 0 saturated carbocycles. The van der Waals surface area contributed by atoms with Gasteiger partial charge in [0.2, 0.25) is 5.91 Å². The highest BCUT2D eigenvalue weighted by molar-refractivity contribution is 5.75. The number of nitrogens with two attached hydrogens (primary N) is 1. The van der Waals surface area contributed by atoms with Crippen molar-refractivity contribution < 1.29 is 9.53 Å². The summed E-state index contributed by atoms with van der Waals surface area (Å²) in [6.07, 6.45) is 1.03. The monoisotopic (exact) mass is 208 g/mol. The zero-order chi connectivity index (χ0) is 11.1. The predicted molar refractivity (Wildman–Crippen MR) is 58.1 cm³/mol.